The Morgan fingerprint density at radius 1 is 1.27 bits per heavy atom. The minimum atomic E-state index is 0.0741. The number of ether oxygens (including phenoxy) is 1. The molecule has 0 bridgehead atoms. The predicted octanol–water partition coefficient (Wildman–Crippen LogP) is 1.39. The second-order valence-electron chi connectivity index (χ2n) is 2.15. The van der Waals surface area contributed by atoms with Crippen LogP contribution in [-0.4, -0.2) is 11.7 Å². The van der Waals surface area contributed by atoms with Crippen LogP contribution in [0, 0.1) is 6.92 Å². The molecule has 2 nitrogen and oxygen atoms in total. The molecular weight excluding hydrogens is 140 g/mol. The van der Waals surface area contributed by atoms with Gasteiger partial charge in [0.1, 0.15) is 5.75 Å². The molecule has 1 rings (SSSR count). The summed E-state index contributed by atoms with van der Waals surface area (Å²) in [5, 5.41) is 8.71. The van der Waals surface area contributed by atoms with Crippen LogP contribution in [0.4, 0.5) is 0 Å². The molecule has 0 amide bonds. The van der Waals surface area contributed by atoms with Gasteiger partial charge in [-0.2, -0.15) is 0 Å². The number of benzene rings is 1. The van der Waals surface area contributed by atoms with Gasteiger partial charge < -0.3 is 9.84 Å². The van der Waals surface area contributed by atoms with Crippen molar-refractivity contribution in [2.75, 3.05) is 6.61 Å². The summed E-state index contributed by atoms with van der Waals surface area (Å²) >= 11 is 0. The van der Waals surface area contributed by atoms with Crippen LogP contribution < -0.4 is 4.74 Å². The van der Waals surface area contributed by atoms with Gasteiger partial charge in [-0.1, -0.05) is 12.1 Å². The molecule has 0 aromatic heterocycles. The molecule has 0 heterocycles. The predicted molar refractivity (Wildman–Crippen MR) is 43.2 cm³/mol. The largest absolute Gasteiger partial charge is 0.494 e. The molecule has 59 valence electrons. The fourth-order valence-electron chi connectivity index (χ4n) is 0.809. The summed E-state index contributed by atoms with van der Waals surface area (Å²) in [6.07, 6.45) is 0. The molecule has 11 heavy (non-hydrogen) atoms. The molecule has 0 spiro atoms. The summed E-state index contributed by atoms with van der Waals surface area (Å²) < 4.78 is 5.11. The Morgan fingerprint density at radius 3 is 2.36 bits per heavy atom. The molecular formula is C9H11O2. The van der Waals surface area contributed by atoms with E-state index in [4.69, 9.17) is 9.84 Å². The summed E-state index contributed by atoms with van der Waals surface area (Å²) in [6.45, 7) is 4.06. The Labute approximate surface area is 66.4 Å². The number of aliphatic hydroxyl groups is 1. The van der Waals surface area contributed by atoms with Gasteiger partial charge in [0.2, 0.25) is 0 Å². The Bertz CT molecular complexity index is 203. The maximum Gasteiger partial charge on any atom is 0.119 e. The smallest absolute Gasteiger partial charge is 0.119 e. The number of hydrogen-bond acceptors (Lipinski definition) is 2. The van der Waals surface area contributed by atoms with Gasteiger partial charge in [-0.3, -0.25) is 0 Å². The number of hydrogen-bond donors (Lipinski definition) is 1. The molecule has 0 atom stereocenters. The lowest BCUT2D eigenvalue weighted by molar-refractivity contribution is 0.281. The second kappa shape index (κ2) is 3.98. The summed E-state index contributed by atoms with van der Waals surface area (Å²) in [7, 11) is 0. The molecule has 0 fully saturated rings. The summed E-state index contributed by atoms with van der Waals surface area (Å²) in [4.78, 5) is 0. The van der Waals surface area contributed by atoms with Crippen LogP contribution in [0.5, 0.6) is 5.75 Å². The van der Waals surface area contributed by atoms with Crippen molar-refractivity contribution in [3.63, 3.8) is 0 Å². The standard InChI is InChI=1S/C9H11O2/c1-2-11-9-5-3-8(7-10)4-6-9/h3-6,10H,1-2,7H2. The lowest BCUT2D eigenvalue weighted by Gasteiger charge is -2.02. The molecule has 1 aromatic rings. The minimum absolute atomic E-state index is 0.0741. The normalized spacial score (nSPS) is 9.64. The van der Waals surface area contributed by atoms with Gasteiger partial charge in [0.25, 0.3) is 0 Å². The number of rotatable bonds is 3. The third kappa shape index (κ3) is 2.24. The fourth-order valence-corrected chi connectivity index (χ4v) is 0.809. The van der Waals surface area contributed by atoms with Crippen LogP contribution in [0.3, 0.4) is 0 Å². The molecule has 1 radical (unpaired) electrons. The highest BCUT2D eigenvalue weighted by molar-refractivity contribution is 5.26. The van der Waals surface area contributed by atoms with E-state index in [1.165, 1.54) is 0 Å². The lowest BCUT2D eigenvalue weighted by atomic mass is 10.2. The molecule has 0 aliphatic carbocycles. The maximum absolute atomic E-state index is 8.71. The first kappa shape index (κ1) is 8.08. The van der Waals surface area contributed by atoms with Gasteiger partial charge >= 0.3 is 0 Å². The minimum Gasteiger partial charge on any atom is -0.494 e. The van der Waals surface area contributed by atoms with Gasteiger partial charge in [0.15, 0.2) is 0 Å². The summed E-state index contributed by atoms with van der Waals surface area (Å²) in [6, 6.07) is 7.28. The van der Waals surface area contributed by atoms with E-state index in [0.29, 0.717) is 6.61 Å². The van der Waals surface area contributed by atoms with E-state index < -0.39 is 0 Å². The van der Waals surface area contributed by atoms with Crippen molar-refractivity contribution in [2.24, 2.45) is 0 Å². The van der Waals surface area contributed by atoms with Crippen molar-refractivity contribution in [3.05, 3.63) is 36.8 Å². The monoisotopic (exact) mass is 151 g/mol. The van der Waals surface area contributed by atoms with Gasteiger partial charge in [0.05, 0.1) is 13.2 Å². The van der Waals surface area contributed by atoms with Gasteiger partial charge in [-0.05, 0) is 24.6 Å². The van der Waals surface area contributed by atoms with E-state index in [2.05, 4.69) is 6.92 Å². The zero-order valence-electron chi connectivity index (χ0n) is 6.29. The Morgan fingerprint density at radius 2 is 1.91 bits per heavy atom. The summed E-state index contributed by atoms with van der Waals surface area (Å²) in [5.74, 6) is 0.789. The van der Waals surface area contributed by atoms with Crippen molar-refractivity contribution in [1.82, 2.24) is 0 Å². The Kier molecular flexibility index (Phi) is 2.93. The van der Waals surface area contributed by atoms with E-state index in [0.717, 1.165) is 11.3 Å². The quantitative estimate of drug-likeness (QED) is 0.707. The van der Waals surface area contributed by atoms with Crippen molar-refractivity contribution in [3.8, 4) is 5.75 Å². The molecule has 0 unspecified atom stereocenters. The molecule has 1 N–H and O–H groups in total. The van der Waals surface area contributed by atoms with Gasteiger partial charge in [-0.15, -0.1) is 0 Å². The van der Waals surface area contributed by atoms with Crippen LogP contribution >= 0.6 is 0 Å². The number of aliphatic hydroxyl groups excluding tert-OH is 1. The van der Waals surface area contributed by atoms with Crippen molar-refractivity contribution < 1.29 is 9.84 Å². The summed E-state index contributed by atoms with van der Waals surface area (Å²) in [5.41, 5.74) is 0.890. The topological polar surface area (TPSA) is 29.5 Å². The SMILES string of the molecule is [CH2]COc1ccc(CO)cc1. The fraction of sp³-hybridized carbons (Fsp3) is 0.222. The molecule has 0 saturated carbocycles. The first-order chi connectivity index (χ1) is 5.36. The first-order valence-corrected chi connectivity index (χ1v) is 3.48. The first-order valence-electron chi connectivity index (χ1n) is 3.48. The third-order valence-electron chi connectivity index (χ3n) is 1.37. The van der Waals surface area contributed by atoms with Crippen molar-refractivity contribution in [2.45, 2.75) is 6.61 Å². The third-order valence-corrected chi connectivity index (χ3v) is 1.37. The van der Waals surface area contributed by atoms with E-state index in [1.807, 2.05) is 24.3 Å². The zero-order chi connectivity index (χ0) is 8.10. The van der Waals surface area contributed by atoms with Gasteiger partial charge in [0, 0.05) is 0 Å². The van der Waals surface area contributed by atoms with E-state index >= 15 is 0 Å². The van der Waals surface area contributed by atoms with Crippen LogP contribution in [0.15, 0.2) is 24.3 Å². The lowest BCUT2D eigenvalue weighted by Crippen LogP contribution is -1.91. The highest BCUT2D eigenvalue weighted by atomic mass is 16.5. The van der Waals surface area contributed by atoms with Gasteiger partial charge in [-0.25, -0.2) is 0 Å². The highest BCUT2D eigenvalue weighted by Crippen LogP contribution is 2.11. The molecule has 0 saturated heterocycles. The Hall–Kier alpha value is -1.02. The average Bonchev–Trinajstić information content (AvgIpc) is 2.07. The Balaban J connectivity index is 2.66. The van der Waals surface area contributed by atoms with Crippen LogP contribution in [0.25, 0.3) is 0 Å². The van der Waals surface area contributed by atoms with Crippen LogP contribution in [0.2, 0.25) is 0 Å². The molecule has 1 aromatic carbocycles. The van der Waals surface area contributed by atoms with E-state index in [-0.39, 0.29) is 6.61 Å². The zero-order valence-corrected chi connectivity index (χ0v) is 6.29. The van der Waals surface area contributed by atoms with E-state index in [9.17, 15) is 0 Å². The van der Waals surface area contributed by atoms with Crippen LogP contribution in [0.1, 0.15) is 5.56 Å². The molecule has 2 heteroatoms. The molecule has 0 aliphatic heterocycles. The van der Waals surface area contributed by atoms with Crippen LogP contribution in [-0.2, 0) is 6.61 Å². The second-order valence-corrected chi connectivity index (χ2v) is 2.15. The maximum atomic E-state index is 8.71. The highest BCUT2D eigenvalue weighted by Gasteiger charge is 1.91. The average molecular weight is 151 g/mol. The van der Waals surface area contributed by atoms with E-state index in [1.54, 1.807) is 0 Å². The van der Waals surface area contributed by atoms with Crippen molar-refractivity contribution >= 4 is 0 Å². The molecule has 0 aliphatic rings. The van der Waals surface area contributed by atoms with Crippen molar-refractivity contribution in [1.29, 1.82) is 0 Å².